The highest BCUT2D eigenvalue weighted by atomic mass is 16.5. The molecule has 0 aromatic heterocycles. The minimum Gasteiger partial charge on any atom is -0.370 e. The molecule has 116 valence electrons. The summed E-state index contributed by atoms with van der Waals surface area (Å²) in [6.45, 7) is 10.5. The van der Waals surface area contributed by atoms with E-state index < -0.39 is 0 Å². The second kappa shape index (κ2) is 6.61. The van der Waals surface area contributed by atoms with Gasteiger partial charge in [0.1, 0.15) is 0 Å². The minimum atomic E-state index is -0.0964. The van der Waals surface area contributed by atoms with Crippen LogP contribution in [-0.2, 0) is 16.8 Å². The summed E-state index contributed by atoms with van der Waals surface area (Å²) < 4.78 is 6.15. The summed E-state index contributed by atoms with van der Waals surface area (Å²) in [4.78, 5) is 6.73. The Morgan fingerprint density at radius 2 is 2.00 bits per heavy atom. The molecule has 0 saturated carbocycles. The van der Waals surface area contributed by atoms with Crippen molar-refractivity contribution >= 4 is 12.0 Å². The largest absolute Gasteiger partial charge is 0.370 e. The highest BCUT2D eigenvalue weighted by Crippen LogP contribution is 2.41. The first kappa shape index (κ1) is 16.0. The first-order chi connectivity index (χ1) is 10.1. The summed E-state index contributed by atoms with van der Waals surface area (Å²) in [6, 6.07) is 4.55. The van der Waals surface area contributed by atoms with E-state index in [2.05, 4.69) is 49.7 Å². The molecule has 1 aliphatic rings. The lowest BCUT2D eigenvalue weighted by atomic mass is 9.81. The van der Waals surface area contributed by atoms with Crippen molar-refractivity contribution in [1.82, 2.24) is 4.90 Å². The van der Waals surface area contributed by atoms with Crippen LogP contribution in [0.3, 0.4) is 0 Å². The van der Waals surface area contributed by atoms with Gasteiger partial charge in [-0.1, -0.05) is 19.9 Å². The summed E-state index contributed by atoms with van der Waals surface area (Å²) in [5.74, 6) is 0. The predicted molar refractivity (Wildman–Crippen MR) is 89.6 cm³/mol. The van der Waals surface area contributed by atoms with Crippen LogP contribution in [0.4, 0.5) is 5.69 Å². The molecule has 0 atom stereocenters. The fraction of sp³-hybridized carbons (Fsp3) is 0.611. The highest BCUT2D eigenvalue weighted by Gasteiger charge is 2.34. The number of benzene rings is 1. The smallest absolute Gasteiger partial charge is 0.0929 e. The highest BCUT2D eigenvalue weighted by molar-refractivity contribution is 5.64. The zero-order valence-corrected chi connectivity index (χ0v) is 14.1. The fourth-order valence-corrected chi connectivity index (χ4v) is 3.02. The predicted octanol–water partition coefficient (Wildman–Crippen LogP) is 4.19. The zero-order chi connectivity index (χ0) is 15.5. The molecule has 1 aromatic carbocycles. The van der Waals surface area contributed by atoms with Gasteiger partial charge < -0.3 is 9.64 Å². The van der Waals surface area contributed by atoms with E-state index in [0.29, 0.717) is 0 Å². The lowest BCUT2D eigenvalue weighted by Gasteiger charge is -2.38. The second-order valence-electron chi connectivity index (χ2n) is 5.91. The van der Waals surface area contributed by atoms with Crippen LogP contribution in [0.15, 0.2) is 17.1 Å². The molecule has 2 rings (SSSR count). The molecule has 0 bridgehead atoms. The van der Waals surface area contributed by atoms with Crippen LogP contribution in [0, 0.1) is 6.92 Å². The van der Waals surface area contributed by atoms with Gasteiger partial charge >= 0.3 is 0 Å². The van der Waals surface area contributed by atoms with Crippen molar-refractivity contribution in [2.45, 2.75) is 52.6 Å². The molecule has 0 radical (unpaired) electrons. The Hall–Kier alpha value is -1.35. The standard InChI is InChI=1S/C18H28N2O/c1-6-18(7-2)16-11-14(4)17(19-13-20(5)8-3)12-15(16)9-10-21-18/h11-13H,6-10H2,1-5H3. The average molecular weight is 288 g/mol. The summed E-state index contributed by atoms with van der Waals surface area (Å²) in [5, 5.41) is 0. The third-order valence-electron chi connectivity index (χ3n) is 4.70. The van der Waals surface area contributed by atoms with Crippen molar-refractivity contribution in [3.05, 3.63) is 28.8 Å². The lowest BCUT2D eigenvalue weighted by molar-refractivity contribution is -0.0662. The van der Waals surface area contributed by atoms with Gasteiger partial charge in [-0.2, -0.15) is 0 Å². The monoisotopic (exact) mass is 288 g/mol. The molecule has 0 N–H and O–H groups in total. The Balaban J connectivity index is 2.41. The summed E-state index contributed by atoms with van der Waals surface area (Å²) in [6.07, 6.45) is 4.96. The third kappa shape index (κ3) is 3.13. The number of hydrogen-bond acceptors (Lipinski definition) is 2. The van der Waals surface area contributed by atoms with E-state index in [0.717, 1.165) is 38.1 Å². The molecular formula is C18H28N2O. The maximum absolute atomic E-state index is 6.15. The van der Waals surface area contributed by atoms with Crippen LogP contribution in [-0.4, -0.2) is 31.4 Å². The topological polar surface area (TPSA) is 24.8 Å². The van der Waals surface area contributed by atoms with Crippen LogP contribution < -0.4 is 0 Å². The Morgan fingerprint density at radius 3 is 2.62 bits per heavy atom. The maximum Gasteiger partial charge on any atom is 0.0929 e. The Labute approximate surface area is 129 Å². The normalized spacial score (nSPS) is 17.0. The summed E-state index contributed by atoms with van der Waals surface area (Å²) in [5.41, 5.74) is 4.99. The SMILES string of the molecule is CCN(C)C=Nc1cc2c(cc1C)C(CC)(CC)OCC2. The Bertz CT molecular complexity index is 518. The van der Waals surface area contributed by atoms with Crippen molar-refractivity contribution in [1.29, 1.82) is 0 Å². The molecule has 3 nitrogen and oxygen atoms in total. The molecule has 0 amide bonds. The number of ether oxygens (including phenoxy) is 1. The molecule has 1 aromatic rings. The molecule has 1 heterocycles. The van der Waals surface area contributed by atoms with Gasteiger partial charge in [-0.3, -0.25) is 0 Å². The van der Waals surface area contributed by atoms with Crippen molar-refractivity contribution in [3.8, 4) is 0 Å². The molecule has 3 heteroatoms. The van der Waals surface area contributed by atoms with E-state index in [1.165, 1.54) is 16.7 Å². The van der Waals surface area contributed by atoms with Gasteiger partial charge in [0.15, 0.2) is 0 Å². The molecular weight excluding hydrogens is 260 g/mol. The molecule has 0 saturated heterocycles. The van der Waals surface area contributed by atoms with E-state index in [4.69, 9.17) is 4.74 Å². The quantitative estimate of drug-likeness (QED) is 0.599. The van der Waals surface area contributed by atoms with Crippen LogP contribution in [0.2, 0.25) is 0 Å². The molecule has 21 heavy (non-hydrogen) atoms. The van der Waals surface area contributed by atoms with Crippen LogP contribution >= 0.6 is 0 Å². The van der Waals surface area contributed by atoms with Gasteiger partial charge in [0, 0.05) is 13.6 Å². The third-order valence-corrected chi connectivity index (χ3v) is 4.70. The van der Waals surface area contributed by atoms with Gasteiger partial charge in [-0.15, -0.1) is 0 Å². The number of rotatable bonds is 5. The van der Waals surface area contributed by atoms with Gasteiger partial charge in [0.05, 0.1) is 24.2 Å². The Kier molecular flexibility index (Phi) is 5.04. The molecule has 0 aliphatic carbocycles. The Morgan fingerprint density at radius 1 is 1.29 bits per heavy atom. The van der Waals surface area contributed by atoms with E-state index in [1.807, 2.05) is 13.4 Å². The molecule has 0 unspecified atom stereocenters. The van der Waals surface area contributed by atoms with E-state index in [1.54, 1.807) is 0 Å². The van der Waals surface area contributed by atoms with Crippen molar-refractivity contribution in [2.24, 2.45) is 4.99 Å². The average Bonchev–Trinajstić information content (AvgIpc) is 2.52. The van der Waals surface area contributed by atoms with Crippen molar-refractivity contribution in [2.75, 3.05) is 20.2 Å². The van der Waals surface area contributed by atoms with E-state index >= 15 is 0 Å². The lowest BCUT2D eigenvalue weighted by Crippen LogP contribution is -2.34. The zero-order valence-electron chi connectivity index (χ0n) is 14.1. The maximum atomic E-state index is 6.15. The first-order valence-corrected chi connectivity index (χ1v) is 8.08. The van der Waals surface area contributed by atoms with Gasteiger partial charge in [0.25, 0.3) is 0 Å². The van der Waals surface area contributed by atoms with E-state index in [9.17, 15) is 0 Å². The van der Waals surface area contributed by atoms with Crippen molar-refractivity contribution in [3.63, 3.8) is 0 Å². The van der Waals surface area contributed by atoms with Gasteiger partial charge in [-0.25, -0.2) is 4.99 Å². The van der Waals surface area contributed by atoms with Gasteiger partial charge in [-0.05, 0) is 55.9 Å². The number of nitrogens with zero attached hydrogens (tertiary/aromatic N) is 2. The summed E-state index contributed by atoms with van der Waals surface area (Å²) >= 11 is 0. The van der Waals surface area contributed by atoms with Crippen LogP contribution in [0.1, 0.15) is 50.3 Å². The summed E-state index contributed by atoms with van der Waals surface area (Å²) in [7, 11) is 2.05. The second-order valence-corrected chi connectivity index (χ2v) is 5.91. The number of hydrogen-bond donors (Lipinski definition) is 0. The minimum absolute atomic E-state index is 0.0964. The number of fused-ring (bicyclic) bond motifs is 1. The van der Waals surface area contributed by atoms with Gasteiger partial charge in [0.2, 0.25) is 0 Å². The molecule has 1 aliphatic heterocycles. The molecule has 0 fully saturated rings. The van der Waals surface area contributed by atoms with E-state index in [-0.39, 0.29) is 5.60 Å². The van der Waals surface area contributed by atoms with Crippen molar-refractivity contribution < 1.29 is 4.74 Å². The fourth-order valence-electron chi connectivity index (χ4n) is 3.02. The first-order valence-electron chi connectivity index (χ1n) is 8.08. The molecule has 0 spiro atoms. The number of aliphatic imine (C=N–C) groups is 1. The number of aryl methyl sites for hydroxylation is 1. The van der Waals surface area contributed by atoms with Crippen LogP contribution in [0.25, 0.3) is 0 Å². The van der Waals surface area contributed by atoms with Crippen LogP contribution in [0.5, 0.6) is 0 Å².